The minimum absolute atomic E-state index is 0.136. The number of ether oxygens (including phenoxy) is 1. The maximum Gasteiger partial charge on any atom is 0.254 e. The van der Waals surface area contributed by atoms with Crippen LogP contribution < -0.4 is 0 Å². The van der Waals surface area contributed by atoms with Gasteiger partial charge in [-0.1, -0.05) is 12.1 Å². The molecule has 9 nitrogen and oxygen atoms in total. The van der Waals surface area contributed by atoms with Gasteiger partial charge in [-0.15, -0.1) is 10.2 Å². The normalized spacial score (nSPS) is 20.2. The van der Waals surface area contributed by atoms with Gasteiger partial charge in [0.25, 0.3) is 5.91 Å². The Morgan fingerprint density at radius 3 is 2.72 bits per heavy atom. The molecule has 4 heterocycles. The lowest BCUT2D eigenvalue weighted by Crippen LogP contribution is -2.40. The maximum atomic E-state index is 13.6. The van der Waals surface area contributed by atoms with Gasteiger partial charge in [-0.3, -0.25) is 9.20 Å². The van der Waals surface area contributed by atoms with Crippen LogP contribution in [0.15, 0.2) is 47.5 Å². The number of aromatic nitrogens is 3. The van der Waals surface area contributed by atoms with Crippen LogP contribution >= 0.6 is 0 Å². The Labute approximate surface area is 186 Å². The van der Waals surface area contributed by atoms with E-state index in [2.05, 4.69) is 10.2 Å². The van der Waals surface area contributed by atoms with E-state index in [1.165, 1.54) is 10.4 Å². The van der Waals surface area contributed by atoms with E-state index in [1.54, 1.807) is 17.0 Å². The van der Waals surface area contributed by atoms with Crippen LogP contribution in [-0.2, 0) is 14.8 Å². The zero-order valence-corrected chi connectivity index (χ0v) is 18.7. The third kappa shape index (κ3) is 3.58. The third-order valence-electron chi connectivity index (χ3n) is 6.20. The largest absolute Gasteiger partial charge is 0.379 e. The molecule has 0 N–H and O–H groups in total. The predicted molar refractivity (Wildman–Crippen MR) is 117 cm³/mol. The number of nitrogens with zero attached hydrogens (tertiary/aromatic N) is 5. The van der Waals surface area contributed by atoms with Gasteiger partial charge < -0.3 is 9.64 Å². The number of likely N-dealkylation sites (tertiary alicyclic amines) is 1. The van der Waals surface area contributed by atoms with Gasteiger partial charge in [0, 0.05) is 31.4 Å². The lowest BCUT2D eigenvalue weighted by Gasteiger charge is -2.27. The molecule has 0 saturated carbocycles. The summed E-state index contributed by atoms with van der Waals surface area (Å²) in [6, 6.07) is 10.3. The highest BCUT2D eigenvalue weighted by Gasteiger charge is 2.35. The van der Waals surface area contributed by atoms with E-state index in [4.69, 9.17) is 4.74 Å². The summed E-state index contributed by atoms with van der Waals surface area (Å²) in [7, 11) is -3.69. The molecule has 2 fully saturated rings. The number of carbonyl (C=O) groups excluding carboxylic acids is 1. The standard InChI is InChI=1S/C22H25N5O4S/c1-16-7-8-17(32(29,30)25-11-13-31-14-12-25)15-18(16)22(28)26-10-4-5-19(26)21-24-23-20-6-2-3-9-27(20)21/h2-3,6-9,15,19H,4-5,10-14H2,1H3/t19-/m0/s1. The minimum atomic E-state index is -3.69. The van der Waals surface area contributed by atoms with Crippen molar-refractivity contribution in [2.24, 2.45) is 0 Å². The predicted octanol–water partition coefficient (Wildman–Crippen LogP) is 2.04. The molecule has 5 rings (SSSR count). The molecule has 168 valence electrons. The lowest BCUT2D eigenvalue weighted by atomic mass is 10.1. The summed E-state index contributed by atoms with van der Waals surface area (Å²) in [6.45, 7) is 3.79. The van der Waals surface area contributed by atoms with Crippen molar-refractivity contribution in [2.45, 2.75) is 30.7 Å². The molecule has 0 unspecified atom stereocenters. The first-order chi connectivity index (χ1) is 15.5. The molecule has 0 aliphatic carbocycles. The van der Waals surface area contributed by atoms with Crippen molar-refractivity contribution in [1.29, 1.82) is 0 Å². The molecule has 10 heteroatoms. The molecule has 2 aliphatic rings. The number of aryl methyl sites for hydroxylation is 1. The van der Waals surface area contributed by atoms with E-state index in [0.717, 1.165) is 29.9 Å². The summed E-state index contributed by atoms with van der Waals surface area (Å²) in [5.41, 5.74) is 1.88. The number of hydrogen-bond donors (Lipinski definition) is 0. The van der Waals surface area contributed by atoms with E-state index in [-0.39, 0.29) is 16.8 Å². The van der Waals surface area contributed by atoms with Gasteiger partial charge in [0.05, 0.1) is 24.2 Å². The number of morpholine rings is 1. The van der Waals surface area contributed by atoms with Crippen LogP contribution in [-0.4, -0.2) is 71.0 Å². The van der Waals surface area contributed by atoms with Crippen molar-refractivity contribution >= 4 is 21.6 Å². The van der Waals surface area contributed by atoms with Gasteiger partial charge in [-0.25, -0.2) is 8.42 Å². The van der Waals surface area contributed by atoms with Gasteiger partial charge >= 0.3 is 0 Å². The molecular weight excluding hydrogens is 430 g/mol. The van der Waals surface area contributed by atoms with Crippen LogP contribution in [0.2, 0.25) is 0 Å². The number of amides is 1. The smallest absolute Gasteiger partial charge is 0.254 e. The van der Waals surface area contributed by atoms with E-state index >= 15 is 0 Å². The first kappa shape index (κ1) is 21.0. The van der Waals surface area contributed by atoms with E-state index < -0.39 is 10.0 Å². The fraction of sp³-hybridized carbons (Fsp3) is 0.409. The zero-order chi connectivity index (χ0) is 22.3. The van der Waals surface area contributed by atoms with E-state index in [0.29, 0.717) is 38.4 Å². The lowest BCUT2D eigenvalue weighted by molar-refractivity contribution is 0.0724. The molecule has 2 saturated heterocycles. The zero-order valence-electron chi connectivity index (χ0n) is 17.8. The molecule has 2 aromatic heterocycles. The summed E-state index contributed by atoms with van der Waals surface area (Å²) in [5.74, 6) is 0.540. The van der Waals surface area contributed by atoms with E-state index in [9.17, 15) is 13.2 Å². The molecule has 0 radical (unpaired) electrons. The summed E-state index contributed by atoms with van der Waals surface area (Å²) >= 11 is 0. The van der Waals surface area contributed by atoms with Crippen LogP contribution in [0.1, 0.15) is 40.6 Å². The Hall–Kier alpha value is -2.82. The Kier molecular flexibility index (Phi) is 5.44. The van der Waals surface area contributed by atoms with Gasteiger partial charge in [0.15, 0.2) is 11.5 Å². The molecular formula is C22H25N5O4S. The highest BCUT2D eigenvalue weighted by Crippen LogP contribution is 2.33. The number of rotatable bonds is 4. The molecule has 1 atom stereocenters. The average Bonchev–Trinajstić information content (AvgIpc) is 3.46. The Morgan fingerprint density at radius 1 is 1.09 bits per heavy atom. The molecule has 0 bridgehead atoms. The van der Waals surface area contributed by atoms with Crippen molar-refractivity contribution in [3.8, 4) is 0 Å². The van der Waals surface area contributed by atoms with Crippen molar-refractivity contribution in [1.82, 2.24) is 23.8 Å². The van der Waals surface area contributed by atoms with Gasteiger partial charge in [-0.05, 0) is 49.6 Å². The Morgan fingerprint density at radius 2 is 1.91 bits per heavy atom. The monoisotopic (exact) mass is 455 g/mol. The summed E-state index contributed by atoms with van der Waals surface area (Å²) in [6.07, 6.45) is 3.53. The number of carbonyl (C=O) groups is 1. The van der Waals surface area contributed by atoms with Crippen LogP contribution in [0.5, 0.6) is 0 Å². The topological polar surface area (TPSA) is 97.1 Å². The fourth-order valence-electron chi connectivity index (χ4n) is 4.45. The number of sulfonamides is 1. The molecule has 3 aromatic rings. The molecule has 2 aliphatic heterocycles. The van der Waals surface area contributed by atoms with Gasteiger partial charge in [0.1, 0.15) is 0 Å². The van der Waals surface area contributed by atoms with Gasteiger partial charge in [0.2, 0.25) is 10.0 Å². The molecule has 1 amide bonds. The first-order valence-electron chi connectivity index (χ1n) is 10.8. The second-order valence-corrected chi connectivity index (χ2v) is 10.1. The number of pyridine rings is 1. The van der Waals surface area contributed by atoms with Crippen LogP contribution in [0.25, 0.3) is 5.65 Å². The Bertz CT molecular complexity index is 1270. The molecule has 0 spiro atoms. The highest BCUT2D eigenvalue weighted by molar-refractivity contribution is 7.89. The molecule has 32 heavy (non-hydrogen) atoms. The van der Waals surface area contributed by atoms with Crippen molar-refractivity contribution in [3.05, 3.63) is 59.5 Å². The average molecular weight is 456 g/mol. The number of hydrogen-bond acceptors (Lipinski definition) is 6. The Balaban J connectivity index is 1.48. The van der Waals surface area contributed by atoms with Crippen LogP contribution in [0.4, 0.5) is 0 Å². The second-order valence-electron chi connectivity index (χ2n) is 8.14. The second kappa shape index (κ2) is 8.27. The summed E-state index contributed by atoms with van der Waals surface area (Å²) in [4.78, 5) is 15.5. The van der Waals surface area contributed by atoms with Crippen LogP contribution in [0.3, 0.4) is 0 Å². The van der Waals surface area contributed by atoms with Crippen molar-refractivity contribution < 1.29 is 17.9 Å². The number of benzene rings is 1. The SMILES string of the molecule is Cc1ccc(S(=O)(=O)N2CCOCC2)cc1C(=O)N1CCC[C@H]1c1nnc2ccccn12. The quantitative estimate of drug-likeness (QED) is 0.597. The minimum Gasteiger partial charge on any atom is -0.379 e. The maximum absolute atomic E-state index is 13.6. The number of fused-ring (bicyclic) bond motifs is 1. The summed E-state index contributed by atoms with van der Waals surface area (Å²) in [5, 5.41) is 8.57. The highest BCUT2D eigenvalue weighted by atomic mass is 32.2. The summed E-state index contributed by atoms with van der Waals surface area (Å²) < 4.78 is 34.8. The van der Waals surface area contributed by atoms with Gasteiger partial charge in [-0.2, -0.15) is 4.31 Å². The van der Waals surface area contributed by atoms with Crippen LogP contribution in [0, 0.1) is 6.92 Å². The van der Waals surface area contributed by atoms with Crippen molar-refractivity contribution in [2.75, 3.05) is 32.8 Å². The first-order valence-corrected chi connectivity index (χ1v) is 12.2. The fourth-order valence-corrected chi connectivity index (χ4v) is 5.88. The molecule has 1 aromatic carbocycles. The third-order valence-corrected chi connectivity index (χ3v) is 8.09. The van der Waals surface area contributed by atoms with E-state index in [1.807, 2.05) is 35.7 Å². The van der Waals surface area contributed by atoms with Crippen molar-refractivity contribution in [3.63, 3.8) is 0 Å².